The summed E-state index contributed by atoms with van der Waals surface area (Å²) >= 11 is 8.59. The molecule has 0 atom stereocenters. The van der Waals surface area contributed by atoms with Gasteiger partial charge in [-0.25, -0.2) is 4.98 Å². The number of carbonyl (C=O) groups is 2. The lowest BCUT2D eigenvalue weighted by atomic mass is 10.2. The fourth-order valence-corrected chi connectivity index (χ4v) is 4.65. The number of halogens is 1. The van der Waals surface area contributed by atoms with Gasteiger partial charge in [-0.2, -0.15) is 0 Å². The summed E-state index contributed by atoms with van der Waals surface area (Å²) in [5.41, 5.74) is 1.09. The van der Waals surface area contributed by atoms with E-state index in [4.69, 9.17) is 11.6 Å². The second-order valence-corrected chi connectivity index (χ2v) is 8.38. The van der Waals surface area contributed by atoms with Gasteiger partial charge in [0.25, 0.3) is 0 Å². The van der Waals surface area contributed by atoms with Crippen molar-refractivity contribution in [3.63, 3.8) is 0 Å². The molecule has 0 saturated heterocycles. The summed E-state index contributed by atoms with van der Waals surface area (Å²) in [4.78, 5) is 32.7. The lowest BCUT2D eigenvalue weighted by molar-refractivity contribution is -0.116. The Kier molecular flexibility index (Phi) is 5.65. The minimum absolute atomic E-state index is 0.0564. The summed E-state index contributed by atoms with van der Waals surface area (Å²) in [6.45, 7) is 5.08. The monoisotopic (exact) mass is 383 g/mol. The first kappa shape index (κ1) is 17.5. The summed E-state index contributed by atoms with van der Waals surface area (Å²) in [6.07, 6.45) is 1.25. The molecule has 128 valence electrons. The van der Waals surface area contributed by atoms with E-state index >= 15 is 0 Å². The van der Waals surface area contributed by atoms with Crippen molar-refractivity contribution in [2.75, 3.05) is 18.4 Å². The topological polar surface area (TPSA) is 62.3 Å². The molecule has 24 heavy (non-hydrogen) atoms. The summed E-state index contributed by atoms with van der Waals surface area (Å²) in [7, 11) is 0. The number of rotatable bonds is 6. The Morgan fingerprint density at radius 3 is 2.88 bits per heavy atom. The van der Waals surface area contributed by atoms with E-state index in [1.165, 1.54) is 27.6 Å². The fourth-order valence-electron chi connectivity index (χ4n) is 2.57. The number of carbonyl (C=O) groups excluding carboxylic acids is 2. The number of ketones is 1. The number of hydrogen-bond acceptors (Lipinski definition) is 6. The minimum Gasteiger partial charge on any atom is -0.302 e. The van der Waals surface area contributed by atoms with Gasteiger partial charge in [0, 0.05) is 37.2 Å². The zero-order valence-corrected chi connectivity index (χ0v) is 15.7. The number of amides is 1. The molecule has 2 aromatic heterocycles. The Labute approximate surface area is 153 Å². The fraction of sp³-hybridized carbons (Fsp3) is 0.438. The van der Waals surface area contributed by atoms with Crippen molar-refractivity contribution in [3.8, 4) is 0 Å². The molecule has 1 aliphatic rings. The molecule has 1 N–H and O–H groups in total. The number of nitrogens with zero attached hydrogens (tertiary/aromatic N) is 2. The number of thiophene rings is 1. The Balaban J connectivity index is 1.52. The number of hydrogen-bond donors (Lipinski definition) is 1. The van der Waals surface area contributed by atoms with E-state index in [0.717, 1.165) is 31.7 Å². The third-order valence-electron chi connectivity index (χ3n) is 3.93. The molecule has 0 aromatic carbocycles. The van der Waals surface area contributed by atoms with Crippen LogP contribution in [0.1, 0.15) is 40.0 Å². The molecule has 5 nitrogen and oxygen atoms in total. The van der Waals surface area contributed by atoms with Gasteiger partial charge in [0.15, 0.2) is 10.9 Å². The quantitative estimate of drug-likeness (QED) is 0.770. The number of fused-ring (bicyclic) bond motifs is 1. The first-order chi connectivity index (χ1) is 11.5. The van der Waals surface area contributed by atoms with Gasteiger partial charge in [0.2, 0.25) is 5.91 Å². The Bertz CT molecular complexity index is 756. The van der Waals surface area contributed by atoms with Crippen LogP contribution in [0, 0.1) is 0 Å². The Morgan fingerprint density at radius 2 is 2.17 bits per heavy atom. The average Bonchev–Trinajstić information content (AvgIpc) is 3.17. The van der Waals surface area contributed by atoms with Crippen molar-refractivity contribution in [1.82, 2.24) is 9.88 Å². The van der Waals surface area contributed by atoms with Crippen LogP contribution in [0.4, 0.5) is 5.13 Å². The Hall–Kier alpha value is -1.28. The van der Waals surface area contributed by atoms with Crippen LogP contribution in [0.25, 0.3) is 0 Å². The summed E-state index contributed by atoms with van der Waals surface area (Å²) < 4.78 is 0.581. The van der Waals surface area contributed by atoms with E-state index < -0.39 is 0 Å². The molecule has 1 aliphatic heterocycles. The normalized spacial score (nSPS) is 14.4. The van der Waals surface area contributed by atoms with Crippen LogP contribution in [0.2, 0.25) is 4.34 Å². The zero-order chi connectivity index (χ0) is 17.1. The highest BCUT2D eigenvalue weighted by Crippen LogP contribution is 2.28. The molecule has 1 amide bonds. The van der Waals surface area contributed by atoms with E-state index in [0.29, 0.717) is 14.3 Å². The number of likely N-dealkylation sites (N-methyl/N-ethyl adjacent to an activating group) is 1. The molecule has 0 spiro atoms. The molecule has 0 fully saturated rings. The maximum atomic E-state index is 12.1. The second kappa shape index (κ2) is 7.74. The van der Waals surface area contributed by atoms with Crippen molar-refractivity contribution in [1.29, 1.82) is 0 Å². The van der Waals surface area contributed by atoms with Crippen molar-refractivity contribution >= 4 is 51.1 Å². The highest BCUT2D eigenvalue weighted by atomic mass is 35.5. The summed E-state index contributed by atoms with van der Waals surface area (Å²) in [5.74, 6) is -0.233. The molecule has 0 saturated carbocycles. The molecule has 0 unspecified atom stereocenters. The van der Waals surface area contributed by atoms with Gasteiger partial charge >= 0.3 is 0 Å². The third kappa shape index (κ3) is 4.22. The molecule has 3 heterocycles. The number of aromatic nitrogens is 1. The minimum atomic E-state index is -0.176. The highest BCUT2D eigenvalue weighted by molar-refractivity contribution is 7.18. The van der Waals surface area contributed by atoms with Gasteiger partial charge in [-0.3, -0.25) is 14.5 Å². The molecule has 0 radical (unpaired) electrons. The molecule has 8 heteroatoms. The van der Waals surface area contributed by atoms with Crippen LogP contribution in [-0.2, 0) is 17.8 Å². The average molecular weight is 384 g/mol. The molecule has 2 aromatic rings. The van der Waals surface area contributed by atoms with Crippen LogP contribution in [0.15, 0.2) is 12.1 Å². The van der Waals surface area contributed by atoms with Gasteiger partial charge < -0.3 is 5.32 Å². The van der Waals surface area contributed by atoms with Crippen LogP contribution in [0.5, 0.6) is 0 Å². The lowest BCUT2D eigenvalue weighted by Gasteiger charge is -2.23. The summed E-state index contributed by atoms with van der Waals surface area (Å²) in [5, 5.41) is 3.45. The van der Waals surface area contributed by atoms with Crippen LogP contribution >= 0.6 is 34.3 Å². The van der Waals surface area contributed by atoms with E-state index in [2.05, 4.69) is 22.1 Å². The van der Waals surface area contributed by atoms with E-state index in [9.17, 15) is 9.59 Å². The largest absolute Gasteiger partial charge is 0.302 e. The smallest absolute Gasteiger partial charge is 0.226 e. The van der Waals surface area contributed by atoms with E-state index in [1.807, 2.05) is 0 Å². The van der Waals surface area contributed by atoms with Gasteiger partial charge in [-0.15, -0.1) is 22.7 Å². The van der Waals surface area contributed by atoms with Crippen molar-refractivity contribution in [3.05, 3.63) is 31.9 Å². The third-order valence-corrected chi connectivity index (χ3v) is 6.20. The highest BCUT2D eigenvalue weighted by Gasteiger charge is 2.20. The van der Waals surface area contributed by atoms with Gasteiger partial charge in [0.1, 0.15) is 0 Å². The van der Waals surface area contributed by atoms with E-state index in [1.54, 1.807) is 12.1 Å². The molecule has 3 rings (SSSR count). The van der Waals surface area contributed by atoms with E-state index in [-0.39, 0.29) is 24.5 Å². The predicted molar refractivity (Wildman–Crippen MR) is 98.3 cm³/mol. The van der Waals surface area contributed by atoms with Crippen molar-refractivity contribution in [2.45, 2.75) is 32.7 Å². The standard InChI is InChI=1S/C16H18ClN3O2S2/c1-2-20-8-7-10-13(9-20)24-16(18-10)19-15(22)6-3-11(21)12-4-5-14(17)23-12/h4-5H,2-3,6-9H2,1H3,(H,18,19,22). The first-order valence-electron chi connectivity index (χ1n) is 7.84. The van der Waals surface area contributed by atoms with Gasteiger partial charge in [-0.05, 0) is 18.7 Å². The molecule has 0 bridgehead atoms. The number of Topliss-reactive ketones (excluding diaryl/α,β-unsaturated/α-hetero) is 1. The Morgan fingerprint density at radius 1 is 1.33 bits per heavy atom. The second-order valence-electron chi connectivity index (χ2n) is 5.58. The maximum Gasteiger partial charge on any atom is 0.226 e. The van der Waals surface area contributed by atoms with Crippen LogP contribution in [0.3, 0.4) is 0 Å². The van der Waals surface area contributed by atoms with Gasteiger partial charge in [-0.1, -0.05) is 18.5 Å². The summed E-state index contributed by atoms with van der Waals surface area (Å²) in [6, 6.07) is 3.39. The van der Waals surface area contributed by atoms with Gasteiger partial charge in [0.05, 0.1) is 14.9 Å². The molecular formula is C16H18ClN3O2S2. The van der Waals surface area contributed by atoms with Crippen molar-refractivity contribution < 1.29 is 9.59 Å². The van der Waals surface area contributed by atoms with Crippen LogP contribution in [-0.4, -0.2) is 34.7 Å². The number of nitrogens with one attached hydrogen (secondary N) is 1. The van der Waals surface area contributed by atoms with Crippen LogP contribution < -0.4 is 5.32 Å². The molecule has 0 aliphatic carbocycles. The lowest BCUT2D eigenvalue weighted by Crippen LogP contribution is -2.29. The molecular weight excluding hydrogens is 366 g/mol. The van der Waals surface area contributed by atoms with Crippen molar-refractivity contribution in [2.24, 2.45) is 0 Å². The maximum absolute atomic E-state index is 12.1. The zero-order valence-electron chi connectivity index (χ0n) is 13.3. The number of thiazole rings is 1. The predicted octanol–water partition coefficient (Wildman–Crippen LogP) is 3.84. The SMILES string of the molecule is CCN1CCc2nc(NC(=O)CCC(=O)c3ccc(Cl)s3)sc2C1. The first-order valence-corrected chi connectivity index (χ1v) is 9.85. The number of anilines is 1.